The predicted molar refractivity (Wildman–Crippen MR) is 111 cm³/mol. The van der Waals surface area contributed by atoms with Gasteiger partial charge in [-0.3, -0.25) is 0 Å². The van der Waals surface area contributed by atoms with Gasteiger partial charge in [0.1, 0.15) is 0 Å². The highest BCUT2D eigenvalue weighted by molar-refractivity contribution is 5.53. The van der Waals surface area contributed by atoms with Crippen LogP contribution in [0.15, 0.2) is 28.8 Å². The molecule has 0 saturated carbocycles. The minimum Gasteiger partial charge on any atom is -0.334 e. The van der Waals surface area contributed by atoms with Gasteiger partial charge in [0.05, 0.1) is 0 Å². The van der Waals surface area contributed by atoms with Crippen molar-refractivity contribution >= 4 is 0 Å². The molecular formula is C23H35N3O. The Morgan fingerprint density at radius 1 is 1.07 bits per heavy atom. The van der Waals surface area contributed by atoms with E-state index in [1.807, 2.05) is 0 Å². The van der Waals surface area contributed by atoms with Gasteiger partial charge in [0, 0.05) is 18.0 Å². The lowest BCUT2D eigenvalue weighted by Crippen LogP contribution is -2.41. The molecule has 1 fully saturated rings. The minimum atomic E-state index is 0.155. The van der Waals surface area contributed by atoms with Crippen molar-refractivity contribution in [3.05, 3.63) is 35.7 Å². The number of hydrogen-bond acceptors (Lipinski definition) is 4. The van der Waals surface area contributed by atoms with Crippen LogP contribution in [0.4, 0.5) is 0 Å². The Morgan fingerprint density at radius 3 is 2.26 bits per heavy atom. The molecule has 2 heterocycles. The van der Waals surface area contributed by atoms with Gasteiger partial charge < -0.3 is 9.42 Å². The van der Waals surface area contributed by atoms with Gasteiger partial charge in [-0.15, -0.1) is 0 Å². The quantitative estimate of drug-likeness (QED) is 0.676. The second kappa shape index (κ2) is 8.55. The third kappa shape index (κ3) is 4.98. The predicted octanol–water partition coefficient (Wildman–Crippen LogP) is 5.48. The summed E-state index contributed by atoms with van der Waals surface area (Å²) in [4.78, 5) is 7.32. The molecule has 0 unspecified atom stereocenters. The first-order chi connectivity index (χ1) is 12.9. The van der Waals surface area contributed by atoms with E-state index in [0.717, 1.165) is 23.9 Å². The van der Waals surface area contributed by atoms with Crippen molar-refractivity contribution in [2.75, 3.05) is 13.1 Å². The van der Waals surface area contributed by atoms with Gasteiger partial charge in [-0.2, -0.15) is 4.98 Å². The van der Waals surface area contributed by atoms with Crippen molar-refractivity contribution in [1.82, 2.24) is 15.0 Å². The average molecular weight is 370 g/mol. The summed E-state index contributed by atoms with van der Waals surface area (Å²) < 4.78 is 5.54. The molecule has 148 valence electrons. The van der Waals surface area contributed by atoms with Crippen molar-refractivity contribution in [2.24, 2.45) is 5.92 Å². The van der Waals surface area contributed by atoms with E-state index in [9.17, 15) is 0 Å². The fourth-order valence-electron chi connectivity index (χ4n) is 4.15. The summed E-state index contributed by atoms with van der Waals surface area (Å²) in [7, 11) is 0. The number of benzene rings is 1. The van der Waals surface area contributed by atoms with E-state index in [4.69, 9.17) is 4.52 Å². The Kier molecular flexibility index (Phi) is 6.36. The molecule has 3 rings (SSSR count). The zero-order valence-electron chi connectivity index (χ0n) is 17.7. The highest BCUT2D eigenvalue weighted by atomic mass is 16.5. The van der Waals surface area contributed by atoms with E-state index >= 15 is 0 Å². The molecule has 2 aromatic rings. The summed E-state index contributed by atoms with van der Waals surface area (Å²) in [5, 5.41) is 4.24. The van der Waals surface area contributed by atoms with Crippen molar-refractivity contribution in [3.63, 3.8) is 0 Å². The lowest BCUT2D eigenvalue weighted by atomic mass is 9.87. The zero-order valence-corrected chi connectivity index (χ0v) is 17.7. The van der Waals surface area contributed by atoms with Gasteiger partial charge in [-0.05, 0) is 67.8 Å². The second-order valence-electron chi connectivity index (χ2n) is 9.00. The van der Waals surface area contributed by atoms with E-state index < -0.39 is 0 Å². The maximum Gasteiger partial charge on any atom is 0.257 e. The van der Waals surface area contributed by atoms with Crippen molar-refractivity contribution in [3.8, 4) is 11.5 Å². The van der Waals surface area contributed by atoms with Gasteiger partial charge in [-0.1, -0.05) is 51.9 Å². The van der Waals surface area contributed by atoms with Crippen LogP contribution >= 0.6 is 0 Å². The number of nitrogens with zero attached hydrogens (tertiary/aromatic N) is 3. The van der Waals surface area contributed by atoms with Crippen LogP contribution in [0.1, 0.15) is 71.7 Å². The lowest BCUT2D eigenvalue weighted by Gasteiger charge is -2.36. The third-order valence-corrected chi connectivity index (χ3v) is 6.05. The molecule has 0 atom stereocenters. The molecule has 4 heteroatoms. The van der Waals surface area contributed by atoms with E-state index in [1.165, 1.54) is 44.3 Å². The lowest BCUT2D eigenvalue weighted by molar-refractivity contribution is 0.125. The van der Waals surface area contributed by atoms with E-state index in [1.54, 1.807) is 0 Å². The Labute approximate surface area is 164 Å². The van der Waals surface area contributed by atoms with Gasteiger partial charge in [0.2, 0.25) is 0 Å². The molecule has 1 aliphatic heterocycles. The smallest absolute Gasteiger partial charge is 0.257 e. The van der Waals surface area contributed by atoms with Crippen molar-refractivity contribution < 1.29 is 4.52 Å². The average Bonchev–Trinajstić information content (AvgIpc) is 3.12. The maximum atomic E-state index is 5.54. The van der Waals surface area contributed by atoms with E-state index in [0.29, 0.717) is 11.8 Å². The molecule has 0 aliphatic carbocycles. The molecule has 0 radical (unpaired) electrons. The number of rotatable bonds is 6. The van der Waals surface area contributed by atoms with E-state index in [-0.39, 0.29) is 5.41 Å². The summed E-state index contributed by atoms with van der Waals surface area (Å²) in [6.07, 6.45) is 5.91. The first-order valence-electron chi connectivity index (χ1n) is 10.6. The first kappa shape index (κ1) is 20.1. The van der Waals surface area contributed by atoms with Crippen molar-refractivity contribution in [2.45, 2.75) is 78.2 Å². The Morgan fingerprint density at radius 2 is 1.70 bits per heavy atom. The minimum absolute atomic E-state index is 0.155. The first-order valence-corrected chi connectivity index (χ1v) is 10.6. The summed E-state index contributed by atoms with van der Waals surface area (Å²) in [6, 6.07) is 9.25. The van der Waals surface area contributed by atoms with Crippen LogP contribution in [0, 0.1) is 5.92 Å². The van der Waals surface area contributed by atoms with Crippen molar-refractivity contribution in [1.29, 1.82) is 0 Å². The Hall–Kier alpha value is -1.68. The van der Waals surface area contributed by atoms with Crippen LogP contribution in [0.2, 0.25) is 0 Å². The highest BCUT2D eigenvalue weighted by Gasteiger charge is 2.24. The molecule has 27 heavy (non-hydrogen) atoms. The Balaban J connectivity index is 1.57. The fraction of sp³-hybridized carbons (Fsp3) is 0.652. The maximum absolute atomic E-state index is 5.54. The monoisotopic (exact) mass is 369 g/mol. The van der Waals surface area contributed by atoms with Crippen LogP contribution in [0.3, 0.4) is 0 Å². The summed E-state index contributed by atoms with van der Waals surface area (Å²) in [6.45, 7) is 13.7. The van der Waals surface area contributed by atoms with Gasteiger partial charge in [-0.25, -0.2) is 0 Å². The fourth-order valence-corrected chi connectivity index (χ4v) is 4.15. The number of likely N-dealkylation sites (tertiary alicyclic amines) is 1. The standard InChI is InChI=1S/C23H35N3O/c1-6-20(7-2)26-14-12-17(13-15-26)16-21-24-22(27-25-21)18-8-10-19(11-9-18)23(3,4)5/h8-11,17,20H,6-7,12-16H2,1-5H3. The molecule has 0 amide bonds. The molecule has 0 spiro atoms. The second-order valence-corrected chi connectivity index (χ2v) is 9.00. The Bertz CT molecular complexity index is 702. The highest BCUT2D eigenvalue weighted by Crippen LogP contribution is 2.27. The van der Waals surface area contributed by atoms with Crippen LogP contribution in [-0.4, -0.2) is 34.2 Å². The molecule has 4 nitrogen and oxygen atoms in total. The summed E-state index contributed by atoms with van der Waals surface area (Å²) in [5.74, 6) is 2.16. The molecule has 1 aliphatic rings. The van der Waals surface area contributed by atoms with Crippen LogP contribution in [0.25, 0.3) is 11.5 Å². The van der Waals surface area contributed by atoms with Gasteiger partial charge >= 0.3 is 0 Å². The molecule has 1 aromatic carbocycles. The van der Waals surface area contributed by atoms with Gasteiger partial charge in [0.25, 0.3) is 5.89 Å². The molecule has 1 saturated heterocycles. The van der Waals surface area contributed by atoms with Crippen LogP contribution < -0.4 is 0 Å². The van der Waals surface area contributed by atoms with Gasteiger partial charge in [0.15, 0.2) is 5.82 Å². The topological polar surface area (TPSA) is 42.2 Å². The molecular weight excluding hydrogens is 334 g/mol. The normalized spacial score (nSPS) is 17.0. The van der Waals surface area contributed by atoms with E-state index in [2.05, 4.69) is 73.9 Å². The SMILES string of the molecule is CCC(CC)N1CCC(Cc2noc(-c3ccc(C(C)(C)C)cc3)n2)CC1. The van der Waals surface area contributed by atoms with Crippen LogP contribution in [0.5, 0.6) is 0 Å². The number of piperidine rings is 1. The largest absolute Gasteiger partial charge is 0.334 e. The zero-order chi connectivity index (χ0) is 19.4. The molecule has 1 aromatic heterocycles. The van der Waals surface area contributed by atoms with Crippen LogP contribution in [-0.2, 0) is 11.8 Å². The third-order valence-electron chi connectivity index (χ3n) is 6.05. The number of hydrogen-bond donors (Lipinski definition) is 0. The molecule has 0 bridgehead atoms. The molecule has 0 N–H and O–H groups in total. The summed E-state index contributed by atoms with van der Waals surface area (Å²) in [5.41, 5.74) is 2.47. The number of aromatic nitrogens is 2. The summed E-state index contributed by atoms with van der Waals surface area (Å²) >= 11 is 0.